The molecule has 0 heterocycles. The molecule has 1 aromatic rings. The van der Waals surface area contributed by atoms with Gasteiger partial charge in [0, 0.05) is 31.0 Å². The second-order valence-corrected chi connectivity index (χ2v) is 5.45. The summed E-state index contributed by atoms with van der Waals surface area (Å²) in [6, 6.07) is 7.05. The van der Waals surface area contributed by atoms with Crippen LogP contribution in [0.5, 0.6) is 5.75 Å². The Labute approximate surface area is 123 Å². The number of likely N-dealkylation sites (N-methyl/N-ethyl adjacent to an activating group) is 1. The van der Waals surface area contributed by atoms with Crippen LogP contribution < -0.4 is 4.74 Å². The first-order chi connectivity index (χ1) is 9.56. The molecule has 1 aromatic carbocycles. The molecule has 0 bridgehead atoms. The number of rotatable bonds is 4. The summed E-state index contributed by atoms with van der Waals surface area (Å²) in [7, 11) is 1.77. The number of benzene rings is 1. The third-order valence-corrected chi connectivity index (χ3v) is 3.88. The van der Waals surface area contributed by atoms with Gasteiger partial charge in [0.15, 0.2) is 6.61 Å². The Bertz CT molecular complexity index is 476. The van der Waals surface area contributed by atoms with E-state index in [1.807, 2.05) is 0 Å². The van der Waals surface area contributed by atoms with Crippen molar-refractivity contribution >= 4 is 23.3 Å². The summed E-state index contributed by atoms with van der Waals surface area (Å²) in [4.78, 5) is 25.0. The van der Waals surface area contributed by atoms with Gasteiger partial charge in [0.1, 0.15) is 11.5 Å². The third-order valence-electron chi connectivity index (χ3n) is 3.63. The summed E-state index contributed by atoms with van der Waals surface area (Å²) in [5.74, 6) is 0.841. The van der Waals surface area contributed by atoms with Crippen LogP contribution >= 0.6 is 11.6 Å². The zero-order chi connectivity index (χ0) is 14.5. The highest BCUT2D eigenvalue weighted by molar-refractivity contribution is 6.30. The maximum absolute atomic E-state index is 12.1. The minimum atomic E-state index is -0.0701. The van der Waals surface area contributed by atoms with Gasteiger partial charge in [-0.2, -0.15) is 0 Å². The quantitative estimate of drug-likeness (QED) is 0.858. The minimum Gasteiger partial charge on any atom is -0.484 e. The van der Waals surface area contributed by atoms with E-state index in [4.69, 9.17) is 16.3 Å². The maximum Gasteiger partial charge on any atom is 0.260 e. The SMILES string of the molecule is CN(C(=O)COc1ccc(Cl)cc1)C1CCC(=O)CC1. The highest BCUT2D eigenvalue weighted by atomic mass is 35.5. The number of halogens is 1. The number of ether oxygens (including phenoxy) is 1. The average Bonchev–Trinajstić information content (AvgIpc) is 2.46. The first kappa shape index (κ1) is 14.9. The maximum atomic E-state index is 12.1. The van der Waals surface area contributed by atoms with Gasteiger partial charge in [-0.15, -0.1) is 0 Å². The van der Waals surface area contributed by atoms with Gasteiger partial charge in [0.2, 0.25) is 0 Å². The molecule has 0 atom stereocenters. The van der Waals surface area contributed by atoms with Crippen molar-refractivity contribution in [2.24, 2.45) is 0 Å². The second-order valence-electron chi connectivity index (χ2n) is 5.02. The van der Waals surface area contributed by atoms with Gasteiger partial charge in [-0.3, -0.25) is 9.59 Å². The van der Waals surface area contributed by atoms with E-state index in [1.165, 1.54) is 0 Å². The fraction of sp³-hybridized carbons (Fsp3) is 0.467. The molecule has 0 radical (unpaired) electrons. The van der Waals surface area contributed by atoms with Crippen molar-refractivity contribution in [3.05, 3.63) is 29.3 Å². The number of ketones is 1. The van der Waals surface area contributed by atoms with Gasteiger partial charge in [-0.25, -0.2) is 0 Å². The Balaban J connectivity index is 1.82. The molecule has 1 amide bonds. The molecule has 4 nitrogen and oxygen atoms in total. The van der Waals surface area contributed by atoms with E-state index in [-0.39, 0.29) is 18.6 Å². The number of Topliss-reactive ketones (excluding diaryl/α,β-unsaturated/α-hetero) is 1. The number of amides is 1. The lowest BCUT2D eigenvalue weighted by Crippen LogP contribution is -2.41. The van der Waals surface area contributed by atoms with Crippen molar-refractivity contribution in [1.82, 2.24) is 4.90 Å². The van der Waals surface area contributed by atoms with Crippen molar-refractivity contribution in [2.75, 3.05) is 13.7 Å². The fourth-order valence-electron chi connectivity index (χ4n) is 2.29. The van der Waals surface area contributed by atoms with E-state index >= 15 is 0 Å². The highest BCUT2D eigenvalue weighted by Gasteiger charge is 2.25. The normalized spacial score (nSPS) is 16.0. The predicted octanol–water partition coefficient (Wildman–Crippen LogP) is 2.69. The molecule has 1 aliphatic rings. The van der Waals surface area contributed by atoms with Crippen LogP contribution in [-0.2, 0) is 9.59 Å². The molecule has 5 heteroatoms. The number of nitrogens with zero attached hydrogens (tertiary/aromatic N) is 1. The second kappa shape index (κ2) is 6.75. The molecule has 0 N–H and O–H groups in total. The largest absolute Gasteiger partial charge is 0.484 e. The van der Waals surface area contributed by atoms with Crippen LogP contribution in [0.2, 0.25) is 5.02 Å². The first-order valence-electron chi connectivity index (χ1n) is 6.72. The number of hydrogen-bond donors (Lipinski definition) is 0. The minimum absolute atomic E-state index is 0.00256. The summed E-state index contributed by atoms with van der Waals surface area (Å²) >= 11 is 5.78. The topological polar surface area (TPSA) is 46.6 Å². The van der Waals surface area contributed by atoms with Gasteiger partial charge >= 0.3 is 0 Å². The highest BCUT2D eigenvalue weighted by Crippen LogP contribution is 2.20. The summed E-state index contributed by atoms with van der Waals surface area (Å²) in [5, 5.41) is 0.632. The van der Waals surface area contributed by atoms with Crippen LogP contribution in [0.25, 0.3) is 0 Å². The fourth-order valence-corrected chi connectivity index (χ4v) is 2.42. The molecular weight excluding hydrogens is 278 g/mol. The molecule has 0 unspecified atom stereocenters. The van der Waals surface area contributed by atoms with Crippen molar-refractivity contribution in [2.45, 2.75) is 31.7 Å². The number of hydrogen-bond acceptors (Lipinski definition) is 3. The lowest BCUT2D eigenvalue weighted by Gasteiger charge is -2.30. The Morgan fingerprint density at radius 3 is 2.50 bits per heavy atom. The van der Waals surface area contributed by atoms with Gasteiger partial charge in [-0.05, 0) is 37.1 Å². The molecule has 0 aromatic heterocycles. The van der Waals surface area contributed by atoms with E-state index in [1.54, 1.807) is 36.2 Å². The van der Waals surface area contributed by atoms with Gasteiger partial charge < -0.3 is 9.64 Å². The van der Waals surface area contributed by atoms with E-state index in [0.717, 1.165) is 12.8 Å². The van der Waals surface area contributed by atoms with Crippen molar-refractivity contribution in [3.63, 3.8) is 0 Å². The van der Waals surface area contributed by atoms with Crippen molar-refractivity contribution in [1.29, 1.82) is 0 Å². The van der Waals surface area contributed by atoms with Crippen LogP contribution in [0.3, 0.4) is 0 Å². The van der Waals surface area contributed by atoms with Crippen molar-refractivity contribution in [3.8, 4) is 5.75 Å². The van der Waals surface area contributed by atoms with Crippen LogP contribution in [0.15, 0.2) is 24.3 Å². The summed E-state index contributed by atoms with van der Waals surface area (Å²) in [6.45, 7) is 0.00256. The lowest BCUT2D eigenvalue weighted by molar-refractivity contribution is -0.136. The van der Waals surface area contributed by atoms with E-state index < -0.39 is 0 Å². The number of carbonyl (C=O) groups excluding carboxylic acids is 2. The molecule has 20 heavy (non-hydrogen) atoms. The Morgan fingerprint density at radius 1 is 1.30 bits per heavy atom. The summed E-state index contributed by atoms with van der Waals surface area (Å²) in [6.07, 6.45) is 2.64. The zero-order valence-corrected chi connectivity index (χ0v) is 12.2. The van der Waals surface area contributed by atoms with Gasteiger partial charge in [-0.1, -0.05) is 11.6 Å². The third kappa shape index (κ3) is 3.97. The van der Waals surface area contributed by atoms with Crippen LogP contribution in [-0.4, -0.2) is 36.3 Å². The van der Waals surface area contributed by atoms with Gasteiger partial charge in [0.25, 0.3) is 5.91 Å². The van der Waals surface area contributed by atoms with Crippen LogP contribution in [0, 0.1) is 0 Å². The Hall–Kier alpha value is -1.55. The Morgan fingerprint density at radius 2 is 1.90 bits per heavy atom. The molecule has 2 rings (SSSR count). The monoisotopic (exact) mass is 295 g/mol. The molecule has 0 saturated heterocycles. The summed E-state index contributed by atoms with van der Waals surface area (Å²) in [5.41, 5.74) is 0. The van der Waals surface area contributed by atoms with Crippen LogP contribution in [0.4, 0.5) is 0 Å². The Kier molecular flexibility index (Phi) is 5.01. The summed E-state index contributed by atoms with van der Waals surface area (Å²) < 4.78 is 5.44. The zero-order valence-electron chi connectivity index (χ0n) is 11.5. The average molecular weight is 296 g/mol. The first-order valence-corrected chi connectivity index (χ1v) is 7.10. The van der Waals surface area contributed by atoms with Crippen molar-refractivity contribution < 1.29 is 14.3 Å². The smallest absolute Gasteiger partial charge is 0.260 e. The van der Waals surface area contributed by atoms with E-state index in [2.05, 4.69) is 0 Å². The molecule has 0 spiro atoms. The molecule has 1 saturated carbocycles. The van der Waals surface area contributed by atoms with Crippen LogP contribution in [0.1, 0.15) is 25.7 Å². The van der Waals surface area contributed by atoms with Gasteiger partial charge in [0.05, 0.1) is 0 Å². The predicted molar refractivity (Wildman–Crippen MR) is 77.0 cm³/mol. The molecule has 0 aliphatic heterocycles. The number of carbonyl (C=O) groups is 2. The molecule has 1 aliphatic carbocycles. The molecule has 108 valence electrons. The lowest BCUT2D eigenvalue weighted by atomic mass is 9.93. The van der Waals surface area contributed by atoms with E-state index in [9.17, 15) is 9.59 Å². The molecular formula is C15H18ClNO3. The molecule has 1 fully saturated rings. The standard InChI is InChI=1S/C15H18ClNO3/c1-17(12-4-6-13(18)7-5-12)15(19)10-20-14-8-2-11(16)3-9-14/h2-3,8-9,12H,4-7,10H2,1H3. The van der Waals surface area contributed by atoms with E-state index in [0.29, 0.717) is 29.4 Å².